The van der Waals surface area contributed by atoms with Crippen molar-refractivity contribution in [2.24, 2.45) is 17.3 Å². The normalized spacial score (nSPS) is 40.1. The van der Waals surface area contributed by atoms with Gasteiger partial charge in [-0.15, -0.1) is 0 Å². The Hall–Kier alpha value is -1.48. The van der Waals surface area contributed by atoms with Gasteiger partial charge in [0.25, 0.3) is 0 Å². The summed E-state index contributed by atoms with van der Waals surface area (Å²) in [7, 11) is -2.18. The van der Waals surface area contributed by atoms with E-state index < -0.39 is 49.2 Å². The van der Waals surface area contributed by atoms with Gasteiger partial charge in [0.15, 0.2) is 13.9 Å². The van der Waals surface area contributed by atoms with Gasteiger partial charge in [0, 0.05) is 30.9 Å². The zero-order chi connectivity index (χ0) is 27.0. The van der Waals surface area contributed by atoms with Crippen LogP contribution in [0.15, 0.2) is 24.0 Å². The fraction of sp³-hybridized carbons (Fsp3) is 0.786. The van der Waals surface area contributed by atoms with Gasteiger partial charge in [0.2, 0.25) is 11.6 Å². The highest BCUT2D eigenvalue weighted by molar-refractivity contribution is 6.77. The second-order valence-corrected chi connectivity index (χ2v) is 18.2. The Morgan fingerprint density at radius 1 is 1.14 bits per heavy atom. The van der Waals surface area contributed by atoms with Crippen LogP contribution in [0, 0.1) is 17.3 Å². The molecule has 0 aliphatic carbocycles. The van der Waals surface area contributed by atoms with Crippen LogP contribution in [-0.2, 0) is 28.2 Å². The number of carbonyl (C=O) groups excluding carboxylic acids is 2. The van der Waals surface area contributed by atoms with Crippen molar-refractivity contribution in [1.82, 2.24) is 0 Å². The lowest BCUT2D eigenvalue weighted by atomic mass is 9.67. The van der Waals surface area contributed by atoms with Crippen molar-refractivity contribution in [3.8, 4) is 0 Å². The fourth-order valence-corrected chi connectivity index (χ4v) is 13.3. The minimum Gasteiger partial charge on any atom is -0.483 e. The highest BCUT2D eigenvalue weighted by Gasteiger charge is 2.74. The lowest BCUT2D eigenvalue weighted by Gasteiger charge is -2.43. The summed E-state index contributed by atoms with van der Waals surface area (Å²) in [5, 5.41) is 11.6. The molecule has 0 aromatic carbocycles. The van der Waals surface area contributed by atoms with Crippen molar-refractivity contribution < 1.29 is 33.3 Å². The van der Waals surface area contributed by atoms with Crippen molar-refractivity contribution in [3.05, 3.63) is 24.0 Å². The first-order valence-corrected chi connectivity index (χ1v) is 15.5. The molecule has 0 spiro atoms. The summed E-state index contributed by atoms with van der Waals surface area (Å²) in [6, 6.07) is 0. The van der Waals surface area contributed by atoms with E-state index in [2.05, 4.69) is 48.1 Å². The van der Waals surface area contributed by atoms with Gasteiger partial charge in [-0.2, -0.15) is 0 Å². The Balaban J connectivity index is 1.74. The summed E-state index contributed by atoms with van der Waals surface area (Å²) < 4.78 is 25.5. The minimum absolute atomic E-state index is 0.123. The van der Waals surface area contributed by atoms with Crippen LogP contribution in [0.2, 0.25) is 16.6 Å². The molecule has 8 heteroatoms. The van der Waals surface area contributed by atoms with Gasteiger partial charge in [-0.1, -0.05) is 48.1 Å². The molecule has 4 aliphatic heterocycles. The average Bonchev–Trinajstić information content (AvgIpc) is 3.28. The van der Waals surface area contributed by atoms with E-state index in [-0.39, 0.29) is 18.1 Å². The number of fused-ring (bicyclic) bond motifs is 2. The van der Waals surface area contributed by atoms with Gasteiger partial charge in [0.1, 0.15) is 17.3 Å². The Morgan fingerprint density at radius 3 is 2.25 bits per heavy atom. The third kappa shape index (κ3) is 3.62. The molecule has 3 fully saturated rings. The summed E-state index contributed by atoms with van der Waals surface area (Å²) in [5.41, 5.74) is -0.886. The maximum atomic E-state index is 13.3. The first-order valence-electron chi connectivity index (χ1n) is 13.4. The number of carbonyl (C=O) groups is 2. The van der Waals surface area contributed by atoms with Crippen LogP contribution in [0.1, 0.15) is 75.2 Å². The Bertz CT molecular complexity index is 965. The van der Waals surface area contributed by atoms with Gasteiger partial charge in [-0.25, -0.2) is 0 Å². The SMILES string of the molecule is C=C(C)[C@@]1(O)O[C@H]2C[C@@]3(C)OC(=CC3=O)[C@H](CO[Si](C(C)C)(C(C)C)C(C)C)C[C@H]3OC(=O)[C@@]1(C)[C@H]23. The summed E-state index contributed by atoms with van der Waals surface area (Å²) >= 11 is 0. The number of hydrogen-bond acceptors (Lipinski definition) is 7. The highest BCUT2D eigenvalue weighted by atomic mass is 28.4. The zero-order valence-electron chi connectivity index (χ0n) is 23.3. The van der Waals surface area contributed by atoms with E-state index in [9.17, 15) is 14.7 Å². The quantitative estimate of drug-likeness (QED) is 0.286. The minimum atomic E-state index is -2.18. The maximum absolute atomic E-state index is 13.3. The molecular weight excluding hydrogens is 476 g/mol. The molecule has 202 valence electrons. The highest BCUT2D eigenvalue weighted by Crippen LogP contribution is 2.61. The van der Waals surface area contributed by atoms with Crippen LogP contribution in [0.3, 0.4) is 0 Å². The van der Waals surface area contributed by atoms with Gasteiger partial charge >= 0.3 is 5.97 Å². The number of esters is 1. The fourth-order valence-electron chi connectivity index (χ4n) is 7.78. The van der Waals surface area contributed by atoms with Crippen molar-refractivity contribution in [2.45, 2.75) is 115 Å². The summed E-state index contributed by atoms with van der Waals surface area (Å²) in [5.74, 6) is -2.58. The molecule has 0 aromatic heterocycles. The van der Waals surface area contributed by atoms with E-state index in [0.29, 0.717) is 41.0 Å². The van der Waals surface area contributed by atoms with E-state index in [0.717, 1.165) is 0 Å². The topological polar surface area (TPSA) is 91.3 Å². The smallest absolute Gasteiger partial charge is 0.318 e. The number of rotatable bonds is 7. The van der Waals surface area contributed by atoms with Crippen molar-refractivity contribution >= 4 is 20.1 Å². The Kier molecular flexibility index (Phi) is 6.72. The lowest BCUT2D eigenvalue weighted by molar-refractivity contribution is -0.220. The lowest BCUT2D eigenvalue weighted by Crippen LogP contribution is -2.49. The van der Waals surface area contributed by atoms with E-state index in [4.69, 9.17) is 18.6 Å². The first-order chi connectivity index (χ1) is 16.5. The van der Waals surface area contributed by atoms with E-state index in [1.165, 1.54) is 0 Å². The van der Waals surface area contributed by atoms with Gasteiger partial charge in [-0.3, -0.25) is 9.59 Å². The molecule has 4 rings (SSSR count). The molecule has 0 saturated carbocycles. The maximum Gasteiger partial charge on any atom is 0.318 e. The van der Waals surface area contributed by atoms with Crippen molar-refractivity contribution in [3.63, 3.8) is 0 Å². The van der Waals surface area contributed by atoms with Crippen LogP contribution in [0.4, 0.5) is 0 Å². The number of ether oxygens (including phenoxy) is 3. The molecule has 3 saturated heterocycles. The third-order valence-corrected chi connectivity index (χ3v) is 15.7. The van der Waals surface area contributed by atoms with E-state index >= 15 is 0 Å². The molecular formula is C28H44O7Si. The van der Waals surface area contributed by atoms with Crippen LogP contribution in [0.25, 0.3) is 0 Å². The molecule has 4 heterocycles. The molecule has 0 aromatic rings. The molecule has 0 unspecified atom stereocenters. The molecule has 7 atom stereocenters. The number of hydrogen-bond donors (Lipinski definition) is 1. The second kappa shape index (κ2) is 8.78. The van der Waals surface area contributed by atoms with Crippen LogP contribution in [0.5, 0.6) is 0 Å². The number of ketones is 1. The Morgan fingerprint density at radius 2 is 1.72 bits per heavy atom. The molecule has 2 bridgehead atoms. The molecule has 4 aliphatic rings. The summed E-state index contributed by atoms with van der Waals surface area (Å²) in [6.45, 7) is 22.9. The standard InChI is InChI=1S/C28H44O7Si/c1-15(2)28(31)27(10)24-21(33-25(27)30)11-19(14-32-36(16(3)4,17(5)6)18(7)8)20-12-23(29)26(9,34-20)13-22(24)35-28/h12,16-19,21-22,24,31H,1,11,13-14H2,2-10H3/t19-,21+,22-,24-,26+,27+,28+/m0/s1. The van der Waals surface area contributed by atoms with Gasteiger partial charge < -0.3 is 23.7 Å². The van der Waals surface area contributed by atoms with Crippen LogP contribution >= 0.6 is 0 Å². The van der Waals surface area contributed by atoms with Crippen molar-refractivity contribution in [1.29, 1.82) is 0 Å². The summed E-state index contributed by atoms with van der Waals surface area (Å²) in [4.78, 5) is 26.5. The monoisotopic (exact) mass is 520 g/mol. The molecule has 7 nitrogen and oxygen atoms in total. The van der Waals surface area contributed by atoms with Crippen molar-refractivity contribution in [2.75, 3.05) is 6.61 Å². The first kappa shape index (κ1) is 27.5. The predicted molar refractivity (Wildman–Crippen MR) is 138 cm³/mol. The zero-order valence-corrected chi connectivity index (χ0v) is 24.3. The summed E-state index contributed by atoms with van der Waals surface area (Å²) in [6.07, 6.45) is 1.14. The van der Waals surface area contributed by atoms with Gasteiger partial charge in [0.05, 0.1) is 6.10 Å². The van der Waals surface area contributed by atoms with Crippen LogP contribution < -0.4 is 0 Å². The number of aliphatic hydroxyl groups is 1. The molecule has 36 heavy (non-hydrogen) atoms. The van der Waals surface area contributed by atoms with E-state index in [1.54, 1.807) is 26.8 Å². The molecule has 1 N–H and O–H groups in total. The average molecular weight is 521 g/mol. The van der Waals surface area contributed by atoms with Gasteiger partial charge in [-0.05, 0) is 49.4 Å². The largest absolute Gasteiger partial charge is 0.483 e. The Labute approximate surface area is 216 Å². The second-order valence-electron chi connectivity index (χ2n) is 12.8. The molecule has 0 amide bonds. The van der Waals surface area contributed by atoms with Crippen LogP contribution in [-0.4, -0.2) is 55.4 Å². The molecule has 0 radical (unpaired) electrons. The van der Waals surface area contributed by atoms with E-state index in [1.807, 2.05) is 0 Å². The third-order valence-electron chi connectivity index (χ3n) is 9.64. The predicted octanol–water partition coefficient (Wildman–Crippen LogP) is 5.04.